The van der Waals surface area contributed by atoms with Crippen LogP contribution in [0, 0.1) is 0 Å². The number of nitrogens with one attached hydrogen (secondary N) is 2. The lowest BCUT2D eigenvalue weighted by Gasteiger charge is -2.13. The number of carbonyl (C=O) groups excluding carboxylic acids is 1. The number of hydrogen-bond acceptors (Lipinski definition) is 4. The van der Waals surface area contributed by atoms with Crippen LogP contribution in [0.3, 0.4) is 0 Å². The largest absolute Gasteiger partial charge is 0.494 e. The number of aromatic nitrogens is 3. The molecule has 0 aliphatic heterocycles. The Balaban J connectivity index is 1.49. The monoisotopic (exact) mass is 411 g/mol. The van der Waals surface area contributed by atoms with E-state index in [4.69, 9.17) is 0 Å². The normalized spacial score (nSPS) is 11.2. The summed E-state index contributed by atoms with van der Waals surface area (Å²) in [5.74, 6) is 0.145. The molecule has 0 atom stereocenters. The fourth-order valence-electron chi connectivity index (χ4n) is 3.74. The van der Waals surface area contributed by atoms with Gasteiger partial charge in [-0.3, -0.25) is 9.20 Å². The smallest absolute Gasteiger partial charge is 0.253 e. The van der Waals surface area contributed by atoms with E-state index in [1.807, 2.05) is 65.2 Å². The molecule has 0 fully saturated rings. The maximum absolute atomic E-state index is 12.1. The molecule has 1 amide bonds. The van der Waals surface area contributed by atoms with Gasteiger partial charge >= 0.3 is 0 Å². The van der Waals surface area contributed by atoms with E-state index in [0.29, 0.717) is 5.56 Å². The van der Waals surface area contributed by atoms with Crippen LogP contribution in [0.4, 0.5) is 11.4 Å². The number of H-pyrrole nitrogens is 1. The first-order chi connectivity index (χ1) is 15.0. The second-order valence-corrected chi connectivity index (χ2v) is 7.59. The molecule has 3 N–H and O–H groups in total. The number of pyridine rings is 1. The first kappa shape index (κ1) is 18.7. The van der Waals surface area contributed by atoms with Crippen molar-refractivity contribution in [2.75, 3.05) is 19.4 Å². The third kappa shape index (κ3) is 3.26. The van der Waals surface area contributed by atoms with E-state index in [1.165, 1.54) is 0 Å². The van der Waals surface area contributed by atoms with Crippen molar-refractivity contribution in [2.24, 2.45) is 0 Å². The Morgan fingerprint density at radius 1 is 1.10 bits per heavy atom. The minimum Gasteiger partial charge on any atom is -0.494 e. The van der Waals surface area contributed by atoms with Crippen LogP contribution in [0.15, 0.2) is 73.2 Å². The number of imidazole rings is 1. The molecular weight excluding hydrogens is 390 g/mol. The summed E-state index contributed by atoms with van der Waals surface area (Å²) in [4.78, 5) is 21.0. The van der Waals surface area contributed by atoms with Crippen LogP contribution in [0.5, 0.6) is 5.88 Å². The Morgan fingerprint density at radius 2 is 1.90 bits per heavy atom. The zero-order chi connectivity index (χ0) is 21.5. The third-order valence-electron chi connectivity index (χ3n) is 5.33. The molecule has 3 heterocycles. The van der Waals surface area contributed by atoms with Crippen LogP contribution in [0.1, 0.15) is 10.4 Å². The highest BCUT2D eigenvalue weighted by atomic mass is 16.3. The minimum absolute atomic E-state index is 0.0285. The molecule has 0 aliphatic rings. The van der Waals surface area contributed by atoms with Crippen molar-refractivity contribution in [1.82, 2.24) is 19.3 Å². The minimum atomic E-state index is -0.0285. The number of anilines is 2. The molecule has 5 aromatic rings. The number of aromatic amines is 1. The second kappa shape index (κ2) is 7.21. The lowest BCUT2D eigenvalue weighted by Crippen LogP contribution is -2.21. The van der Waals surface area contributed by atoms with E-state index >= 15 is 0 Å². The van der Waals surface area contributed by atoms with Crippen LogP contribution >= 0.6 is 0 Å². The molecule has 31 heavy (non-hydrogen) atoms. The molecule has 3 aromatic heterocycles. The van der Waals surface area contributed by atoms with Crippen molar-refractivity contribution < 1.29 is 9.90 Å². The SMILES string of the molecule is CN(C)C(=O)c1ccc(Nc2ccc(-c3ccc4c(O)[nH]cc4c3)n3ccnc23)cc1. The molecule has 154 valence electrons. The maximum Gasteiger partial charge on any atom is 0.253 e. The van der Waals surface area contributed by atoms with Crippen LogP contribution in [0.2, 0.25) is 0 Å². The molecule has 5 rings (SSSR count). The van der Waals surface area contributed by atoms with E-state index in [0.717, 1.165) is 39.1 Å². The third-order valence-corrected chi connectivity index (χ3v) is 5.33. The quantitative estimate of drug-likeness (QED) is 0.402. The predicted molar refractivity (Wildman–Crippen MR) is 122 cm³/mol. The molecule has 7 heteroatoms. The summed E-state index contributed by atoms with van der Waals surface area (Å²) in [6, 6.07) is 17.3. The van der Waals surface area contributed by atoms with Gasteiger partial charge in [-0.1, -0.05) is 6.07 Å². The van der Waals surface area contributed by atoms with E-state index in [9.17, 15) is 9.90 Å². The number of fused-ring (bicyclic) bond motifs is 2. The number of nitrogens with zero attached hydrogens (tertiary/aromatic N) is 3. The van der Waals surface area contributed by atoms with Crippen molar-refractivity contribution in [3.8, 4) is 17.1 Å². The first-order valence-corrected chi connectivity index (χ1v) is 9.86. The molecule has 0 spiro atoms. The van der Waals surface area contributed by atoms with Crippen molar-refractivity contribution in [3.63, 3.8) is 0 Å². The summed E-state index contributed by atoms with van der Waals surface area (Å²) >= 11 is 0. The fraction of sp³-hybridized carbons (Fsp3) is 0.0833. The first-order valence-electron chi connectivity index (χ1n) is 9.86. The Hall–Kier alpha value is -4.26. The Bertz CT molecular complexity index is 1410. The van der Waals surface area contributed by atoms with Crippen molar-refractivity contribution in [2.45, 2.75) is 0 Å². The maximum atomic E-state index is 12.1. The standard InChI is InChI=1S/C24H21N5O2/c1-28(2)24(31)15-3-6-18(7-4-15)27-20-9-10-21(29-12-11-25-22(20)29)16-5-8-19-17(13-16)14-26-23(19)30/h3-14,26-27,30H,1-2H3. The van der Waals surface area contributed by atoms with Crippen molar-refractivity contribution >= 4 is 33.7 Å². The van der Waals surface area contributed by atoms with Crippen molar-refractivity contribution in [3.05, 3.63) is 78.8 Å². The summed E-state index contributed by atoms with van der Waals surface area (Å²) in [7, 11) is 3.48. The molecule has 0 saturated heterocycles. The molecular formula is C24H21N5O2. The number of carbonyl (C=O) groups is 1. The van der Waals surface area contributed by atoms with Crippen LogP contribution in [0.25, 0.3) is 27.7 Å². The highest BCUT2D eigenvalue weighted by molar-refractivity contribution is 5.94. The summed E-state index contributed by atoms with van der Waals surface area (Å²) in [5.41, 5.74) is 5.18. The van der Waals surface area contributed by atoms with Gasteiger partial charge in [0.1, 0.15) is 0 Å². The van der Waals surface area contributed by atoms with Crippen molar-refractivity contribution in [1.29, 1.82) is 0 Å². The van der Waals surface area contributed by atoms with Crippen LogP contribution in [-0.2, 0) is 0 Å². The van der Waals surface area contributed by atoms with Gasteiger partial charge in [0.2, 0.25) is 0 Å². The number of amides is 1. The topological polar surface area (TPSA) is 85.7 Å². The second-order valence-electron chi connectivity index (χ2n) is 7.59. The lowest BCUT2D eigenvalue weighted by molar-refractivity contribution is 0.0827. The Morgan fingerprint density at radius 3 is 2.68 bits per heavy atom. The highest BCUT2D eigenvalue weighted by Crippen LogP contribution is 2.31. The van der Waals surface area contributed by atoms with Gasteiger partial charge in [-0.15, -0.1) is 0 Å². The zero-order valence-corrected chi connectivity index (χ0v) is 17.1. The van der Waals surface area contributed by atoms with E-state index in [-0.39, 0.29) is 11.8 Å². The fourth-order valence-corrected chi connectivity index (χ4v) is 3.74. The van der Waals surface area contributed by atoms with E-state index in [2.05, 4.69) is 15.3 Å². The van der Waals surface area contributed by atoms with Crippen LogP contribution in [-0.4, -0.2) is 44.4 Å². The van der Waals surface area contributed by atoms with Gasteiger partial charge in [-0.2, -0.15) is 0 Å². The number of rotatable bonds is 4. The summed E-state index contributed by atoms with van der Waals surface area (Å²) in [6.45, 7) is 0. The number of aromatic hydroxyl groups is 1. The van der Waals surface area contributed by atoms with Gasteiger partial charge in [-0.25, -0.2) is 4.98 Å². The van der Waals surface area contributed by atoms with Gasteiger partial charge in [0.05, 0.1) is 11.4 Å². The summed E-state index contributed by atoms with van der Waals surface area (Å²) in [6.07, 6.45) is 5.48. The number of benzene rings is 2. The van der Waals surface area contributed by atoms with Gasteiger partial charge in [0.15, 0.2) is 11.5 Å². The average Bonchev–Trinajstić information content (AvgIpc) is 3.41. The van der Waals surface area contributed by atoms with E-state index in [1.54, 1.807) is 31.4 Å². The molecule has 0 unspecified atom stereocenters. The molecule has 0 radical (unpaired) electrons. The molecule has 0 saturated carbocycles. The zero-order valence-electron chi connectivity index (χ0n) is 17.1. The van der Waals surface area contributed by atoms with Gasteiger partial charge in [0.25, 0.3) is 5.91 Å². The Labute approximate surface area is 178 Å². The molecule has 7 nitrogen and oxygen atoms in total. The molecule has 0 bridgehead atoms. The summed E-state index contributed by atoms with van der Waals surface area (Å²) < 4.78 is 2.03. The van der Waals surface area contributed by atoms with Gasteiger partial charge in [0, 0.05) is 54.7 Å². The highest BCUT2D eigenvalue weighted by Gasteiger charge is 2.12. The molecule has 2 aromatic carbocycles. The number of hydrogen-bond donors (Lipinski definition) is 3. The summed E-state index contributed by atoms with van der Waals surface area (Å²) in [5, 5.41) is 15.0. The Kier molecular flexibility index (Phi) is 4.36. The lowest BCUT2D eigenvalue weighted by atomic mass is 10.1. The molecule has 0 aliphatic carbocycles. The predicted octanol–water partition coefficient (Wildman–Crippen LogP) is 4.63. The van der Waals surface area contributed by atoms with E-state index < -0.39 is 0 Å². The van der Waals surface area contributed by atoms with Gasteiger partial charge < -0.3 is 20.3 Å². The van der Waals surface area contributed by atoms with Crippen LogP contribution < -0.4 is 5.32 Å². The van der Waals surface area contributed by atoms with Gasteiger partial charge in [-0.05, 0) is 54.1 Å². The average molecular weight is 411 g/mol.